The average Bonchev–Trinajstić information content (AvgIpc) is 3.26. The Hall–Kier alpha value is -2.25. The van der Waals surface area contributed by atoms with Crippen LogP contribution in [0, 0.1) is 0 Å². The first kappa shape index (κ1) is 20.5. The molecule has 0 radical (unpaired) electrons. The Balaban J connectivity index is 1.61. The number of piperazine rings is 1. The number of para-hydroxylation sites is 1. The van der Waals surface area contributed by atoms with E-state index in [0.717, 1.165) is 44.4 Å². The van der Waals surface area contributed by atoms with Crippen molar-refractivity contribution in [3.05, 3.63) is 47.3 Å². The number of likely N-dealkylation sites (N-methyl/N-ethyl adjacent to an activating group) is 1. The van der Waals surface area contributed by atoms with Gasteiger partial charge in [0.25, 0.3) is 0 Å². The molecule has 0 bridgehead atoms. The maximum absolute atomic E-state index is 5.57. The van der Waals surface area contributed by atoms with Crippen LogP contribution < -0.4 is 15.0 Å². The molecule has 0 saturated carbocycles. The molecule has 1 fully saturated rings. The Labute approximate surface area is 172 Å². The lowest BCUT2D eigenvalue weighted by atomic mass is 10.0. The number of ether oxygens (including phenoxy) is 1. The molecule has 152 valence electrons. The van der Waals surface area contributed by atoms with E-state index in [1.54, 1.807) is 7.11 Å². The van der Waals surface area contributed by atoms with Gasteiger partial charge in [-0.15, -0.1) is 11.3 Å². The van der Waals surface area contributed by atoms with E-state index < -0.39 is 0 Å². The van der Waals surface area contributed by atoms with Crippen molar-refractivity contribution in [2.45, 2.75) is 6.04 Å². The molecule has 1 aliphatic heterocycles. The lowest BCUT2D eigenvalue weighted by Gasteiger charge is -2.37. The molecular formula is C21H31N5OS. The summed E-state index contributed by atoms with van der Waals surface area (Å²) in [7, 11) is 7.79. The lowest BCUT2D eigenvalue weighted by Crippen LogP contribution is -2.53. The summed E-state index contributed by atoms with van der Waals surface area (Å²) in [6.07, 6.45) is 0. The molecule has 7 heteroatoms. The van der Waals surface area contributed by atoms with Gasteiger partial charge in [0.1, 0.15) is 5.75 Å². The summed E-state index contributed by atoms with van der Waals surface area (Å²) in [5.74, 6) is 1.88. The van der Waals surface area contributed by atoms with E-state index in [9.17, 15) is 0 Å². The minimum Gasteiger partial charge on any atom is -0.496 e. The van der Waals surface area contributed by atoms with Crippen molar-refractivity contribution in [3.63, 3.8) is 0 Å². The molecule has 0 amide bonds. The highest BCUT2D eigenvalue weighted by atomic mass is 32.1. The highest BCUT2D eigenvalue weighted by Crippen LogP contribution is 2.27. The van der Waals surface area contributed by atoms with Crippen LogP contribution in [-0.2, 0) is 0 Å². The third-order valence-electron chi connectivity index (χ3n) is 5.18. The van der Waals surface area contributed by atoms with Crippen LogP contribution in [0.5, 0.6) is 5.75 Å². The second-order valence-electron chi connectivity index (χ2n) is 7.07. The van der Waals surface area contributed by atoms with Crippen LogP contribution >= 0.6 is 11.3 Å². The first-order chi connectivity index (χ1) is 13.6. The van der Waals surface area contributed by atoms with Gasteiger partial charge in [-0.2, -0.15) is 0 Å². The number of benzene rings is 1. The molecule has 2 heterocycles. The van der Waals surface area contributed by atoms with Crippen LogP contribution in [0.15, 0.2) is 46.8 Å². The van der Waals surface area contributed by atoms with Gasteiger partial charge in [-0.25, -0.2) is 0 Å². The number of guanidine groups is 1. The number of aliphatic imine (C=N–C) groups is 1. The van der Waals surface area contributed by atoms with Gasteiger partial charge in [0.15, 0.2) is 5.96 Å². The van der Waals surface area contributed by atoms with Crippen molar-refractivity contribution in [3.8, 4) is 5.75 Å². The predicted molar refractivity (Wildman–Crippen MR) is 119 cm³/mol. The van der Waals surface area contributed by atoms with E-state index in [1.165, 1.54) is 10.6 Å². The second-order valence-corrected chi connectivity index (χ2v) is 8.00. The molecule has 1 N–H and O–H groups in total. The van der Waals surface area contributed by atoms with Crippen LogP contribution in [0.25, 0.3) is 0 Å². The Morgan fingerprint density at radius 2 is 1.93 bits per heavy atom. The average molecular weight is 402 g/mol. The number of hydrogen-bond acceptors (Lipinski definition) is 5. The molecule has 1 saturated heterocycles. The minimum atomic E-state index is 0.195. The second kappa shape index (κ2) is 9.80. The summed E-state index contributed by atoms with van der Waals surface area (Å²) in [4.78, 5) is 11.5. The number of rotatable bonds is 6. The molecular weight excluding hydrogens is 370 g/mol. The smallest absolute Gasteiger partial charge is 0.193 e. The predicted octanol–water partition coefficient (Wildman–Crippen LogP) is 2.76. The fraction of sp³-hybridized carbons (Fsp3) is 0.476. The monoisotopic (exact) mass is 401 g/mol. The third-order valence-corrected chi connectivity index (χ3v) is 6.11. The maximum Gasteiger partial charge on any atom is 0.193 e. The fourth-order valence-electron chi connectivity index (χ4n) is 3.62. The van der Waals surface area contributed by atoms with Crippen molar-refractivity contribution in [2.75, 3.05) is 65.9 Å². The van der Waals surface area contributed by atoms with Gasteiger partial charge in [0.05, 0.1) is 18.2 Å². The summed E-state index contributed by atoms with van der Waals surface area (Å²) >= 11 is 1.81. The molecule has 28 heavy (non-hydrogen) atoms. The highest BCUT2D eigenvalue weighted by molar-refractivity contribution is 7.14. The van der Waals surface area contributed by atoms with Crippen molar-refractivity contribution in [1.29, 1.82) is 0 Å². The van der Waals surface area contributed by atoms with Gasteiger partial charge in [-0.3, -0.25) is 4.99 Å². The van der Waals surface area contributed by atoms with E-state index >= 15 is 0 Å². The molecule has 1 unspecified atom stereocenters. The first-order valence-electron chi connectivity index (χ1n) is 9.67. The Morgan fingerprint density at radius 3 is 2.54 bits per heavy atom. The number of methoxy groups -OCH3 is 1. The Bertz CT molecular complexity index is 754. The third kappa shape index (κ3) is 4.77. The minimum absolute atomic E-state index is 0.195. The zero-order valence-electron chi connectivity index (χ0n) is 17.3. The summed E-state index contributed by atoms with van der Waals surface area (Å²) in [5.41, 5.74) is 1.18. The molecule has 1 atom stereocenters. The van der Waals surface area contributed by atoms with E-state index in [0.29, 0.717) is 0 Å². The molecule has 0 spiro atoms. The molecule has 1 aromatic heterocycles. The summed E-state index contributed by atoms with van der Waals surface area (Å²) < 4.78 is 5.57. The van der Waals surface area contributed by atoms with Gasteiger partial charge in [0, 0.05) is 45.3 Å². The summed E-state index contributed by atoms with van der Waals surface area (Å²) in [6.45, 7) is 4.75. The van der Waals surface area contributed by atoms with Crippen LogP contribution in [0.1, 0.15) is 11.6 Å². The number of nitrogens with zero attached hydrogens (tertiary/aromatic N) is 4. The molecule has 1 aromatic carbocycles. The van der Waals surface area contributed by atoms with Crippen LogP contribution in [-0.4, -0.2) is 76.7 Å². The summed E-state index contributed by atoms with van der Waals surface area (Å²) in [6, 6.07) is 12.7. The van der Waals surface area contributed by atoms with Gasteiger partial charge < -0.3 is 24.8 Å². The van der Waals surface area contributed by atoms with Gasteiger partial charge in [0.2, 0.25) is 0 Å². The van der Waals surface area contributed by atoms with Gasteiger partial charge >= 0.3 is 0 Å². The zero-order valence-corrected chi connectivity index (χ0v) is 18.1. The van der Waals surface area contributed by atoms with Gasteiger partial charge in [-0.1, -0.05) is 18.2 Å². The number of hydrogen-bond donors (Lipinski definition) is 1. The molecule has 0 aliphatic carbocycles. The van der Waals surface area contributed by atoms with Crippen molar-refractivity contribution in [1.82, 2.24) is 15.1 Å². The molecule has 6 nitrogen and oxygen atoms in total. The Morgan fingerprint density at radius 1 is 1.18 bits per heavy atom. The normalized spacial score (nSPS) is 16.4. The SMILES string of the molecule is CN=C(NCC(c1ccccc1OC)N(C)C)N1CCN(c2cccs2)CC1. The summed E-state index contributed by atoms with van der Waals surface area (Å²) in [5, 5.41) is 7.08. The number of anilines is 1. The van der Waals surface area contributed by atoms with E-state index in [-0.39, 0.29) is 6.04 Å². The zero-order chi connectivity index (χ0) is 19.9. The number of nitrogens with one attached hydrogen (secondary N) is 1. The van der Waals surface area contributed by atoms with Crippen molar-refractivity contribution < 1.29 is 4.74 Å². The first-order valence-corrected chi connectivity index (χ1v) is 10.6. The number of thiophene rings is 1. The lowest BCUT2D eigenvalue weighted by molar-refractivity contribution is 0.283. The Kier molecular flexibility index (Phi) is 7.17. The standard InChI is InChI=1S/C21H31N5OS/c1-22-21(26-13-11-25(12-14-26)20-10-7-15-28-20)23-16-18(24(2)3)17-8-5-6-9-19(17)27-4/h5-10,15,18H,11-14,16H2,1-4H3,(H,22,23). The van der Waals surface area contributed by atoms with Gasteiger partial charge in [-0.05, 0) is 37.7 Å². The largest absolute Gasteiger partial charge is 0.496 e. The van der Waals surface area contributed by atoms with E-state index in [1.807, 2.05) is 30.5 Å². The maximum atomic E-state index is 5.57. The van der Waals surface area contributed by atoms with Crippen molar-refractivity contribution >= 4 is 22.3 Å². The highest BCUT2D eigenvalue weighted by Gasteiger charge is 2.23. The topological polar surface area (TPSA) is 43.3 Å². The quantitative estimate of drug-likeness (QED) is 0.596. The molecule has 3 rings (SSSR count). The van der Waals surface area contributed by atoms with Crippen LogP contribution in [0.3, 0.4) is 0 Å². The van der Waals surface area contributed by atoms with Crippen LogP contribution in [0.4, 0.5) is 5.00 Å². The van der Waals surface area contributed by atoms with Crippen molar-refractivity contribution in [2.24, 2.45) is 4.99 Å². The van der Waals surface area contributed by atoms with Crippen LogP contribution in [0.2, 0.25) is 0 Å². The molecule has 1 aliphatic rings. The fourth-order valence-corrected chi connectivity index (χ4v) is 4.41. The van der Waals surface area contributed by atoms with E-state index in [2.05, 4.69) is 68.7 Å². The van der Waals surface area contributed by atoms with E-state index in [4.69, 9.17) is 4.74 Å². The molecule has 2 aromatic rings.